The van der Waals surface area contributed by atoms with E-state index in [-0.39, 0.29) is 12.2 Å². The van der Waals surface area contributed by atoms with Gasteiger partial charge < -0.3 is 9.47 Å². The molecule has 0 amide bonds. The Morgan fingerprint density at radius 3 is 1.47 bits per heavy atom. The van der Waals surface area contributed by atoms with Crippen molar-refractivity contribution in [1.29, 1.82) is 0 Å². The minimum Gasteiger partial charge on any atom is -0.374 e. The molecular formula is C15H28O2. The Kier molecular flexibility index (Phi) is 9.10. The van der Waals surface area contributed by atoms with Crippen LogP contribution in [0.2, 0.25) is 0 Å². The van der Waals surface area contributed by atoms with Crippen LogP contribution in [0, 0.1) is 0 Å². The van der Waals surface area contributed by atoms with Gasteiger partial charge in [-0.05, 0) is 33.1 Å². The molecule has 2 unspecified atom stereocenters. The Bertz CT molecular complexity index is 209. The second kappa shape index (κ2) is 9.43. The van der Waals surface area contributed by atoms with Crippen LogP contribution in [-0.2, 0) is 9.47 Å². The fourth-order valence-electron chi connectivity index (χ4n) is 1.52. The molecule has 0 saturated heterocycles. The van der Waals surface area contributed by atoms with E-state index in [0.29, 0.717) is 13.2 Å². The monoisotopic (exact) mass is 240 g/mol. The third-order valence-corrected chi connectivity index (χ3v) is 2.57. The molecule has 2 heteroatoms. The number of hydrogen-bond acceptors (Lipinski definition) is 2. The highest BCUT2D eigenvalue weighted by molar-refractivity contribution is 4.89. The van der Waals surface area contributed by atoms with Crippen molar-refractivity contribution in [2.75, 3.05) is 13.2 Å². The molecule has 0 aliphatic carbocycles. The van der Waals surface area contributed by atoms with E-state index in [1.807, 2.05) is 13.8 Å². The van der Waals surface area contributed by atoms with Gasteiger partial charge in [0.25, 0.3) is 0 Å². The van der Waals surface area contributed by atoms with Gasteiger partial charge in [-0.1, -0.05) is 38.2 Å². The van der Waals surface area contributed by atoms with E-state index in [1.165, 1.54) is 0 Å². The molecule has 100 valence electrons. The lowest BCUT2D eigenvalue weighted by molar-refractivity contribution is -0.00691. The normalized spacial score (nSPS) is 14.4. The maximum Gasteiger partial charge on any atom is 0.0675 e. The first-order valence-corrected chi connectivity index (χ1v) is 6.51. The first-order valence-electron chi connectivity index (χ1n) is 6.51. The Morgan fingerprint density at radius 1 is 0.882 bits per heavy atom. The summed E-state index contributed by atoms with van der Waals surface area (Å²) in [4.78, 5) is 0. The number of hydrogen-bond donors (Lipinski definition) is 0. The third-order valence-electron chi connectivity index (χ3n) is 2.57. The van der Waals surface area contributed by atoms with Gasteiger partial charge in [-0.2, -0.15) is 0 Å². The first kappa shape index (κ1) is 16.4. The van der Waals surface area contributed by atoms with Crippen LogP contribution in [0.5, 0.6) is 0 Å². The summed E-state index contributed by atoms with van der Waals surface area (Å²) >= 11 is 0. The van der Waals surface area contributed by atoms with Crippen LogP contribution in [-0.4, -0.2) is 25.4 Å². The molecule has 0 aliphatic rings. The second-order valence-electron chi connectivity index (χ2n) is 4.83. The summed E-state index contributed by atoms with van der Waals surface area (Å²) in [6, 6.07) is 0. The third kappa shape index (κ3) is 9.13. The Labute approximate surface area is 107 Å². The van der Waals surface area contributed by atoms with Crippen molar-refractivity contribution in [2.45, 2.75) is 59.2 Å². The van der Waals surface area contributed by atoms with Crippen LogP contribution in [0.4, 0.5) is 0 Å². The SMILES string of the molecule is C=C(C)COC(CC)CC(CC)OCC(=C)C. The molecule has 17 heavy (non-hydrogen) atoms. The van der Waals surface area contributed by atoms with Gasteiger partial charge in [0.05, 0.1) is 25.4 Å². The molecule has 2 atom stereocenters. The Balaban J connectivity index is 4.02. The van der Waals surface area contributed by atoms with Gasteiger partial charge in [0.2, 0.25) is 0 Å². The lowest BCUT2D eigenvalue weighted by atomic mass is 10.1. The molecule has 0 aliphatic heterocycles. The predicted molar refractivity (Wildman–Crippen MR) is 74.3 cm³/mol. The molecule has 0 N–H and O–H groups in total. The Hall–Kier alpha value is -0.600. The van der Waals surface area contributed by atoms with Gasteiger partial charge >= 0.3 is 0 Å². The van der Waals surface area contributed by atoms with Gasteiger partial charge in [0.15, 0.2) is 0 Å². The molecule has 0 rings (SSSR count). The molecule has 0 spiro atoms. The van der Waals surface area contributed by atoms with Gasteiger partial charge in [-0.15, -0.1) is 0 Å². The predicted octanol–water partition coefficient (Wildman–Crippen LogP) is 4.12. The molecular weight excluding hydrogens is 212 g/mol. The van der Waals surface area contributed by atoms with Crippen molar-refractivity contribution in [1.82, 2.24) is 0 Å². The topological polar surface area (TPSA) is 18.5 Å². The molecule has 0 saturated carbocycles. The summed E-state index contributed by atoms with van der Waals surface area (Å²) < 4.78 is 11.6. The fraction of sp³-hybridized carbons (Fsp3) is 0.733. The molecule has 0 bridgehead atoms. The summed E-state index contributed by atoms with van der Waals surface area (Å²) in [6.45, 7) is 17.3. The number of ether oxygens (including phenoxy) is 2. The standard InChI is InChI=1S/C15H28O2/c1-7-14(16-10-12(3)4)9-15(8-2)17-11-13(5)6/h14-15H,3,5,7-11H2,1-2,4,6H3. The number of rotatable bonds is 10. The minimum atomic E-state index is 0.266. The Morgan fingerprint density at radius 2 is 1.24 bits per heavy atom. The molecule has 0 aromatic rings. The van der Waals surface area contributed by atoms with Crippen molar-refractivity contribution in [3.63, 3.8) is 0 Å². The highest BCUT2D eigenvalue weighted by atomic mass is 16.5. The van der Waals surface area contributed by atoms with Gasteiger partial charge in [-0.3, -0.25) is 0 Å². The van der Waals surface area contributed by atoms with E-state index < -0.39 is 0 Å². The smallest absolute Gasteiger partial charge is 0.0675 e. The molecule has 0 radical (unpaired) electrons. The maximum absolute atomic E-state index is 5.79. The van der Waals surface area contributed by atoms with Crippen molar-refractivity contribution >= 4 is 0 Å². The quantitative estimate of drug-likeness (QED) is 0.535. The minimum absolute atomic E-state index is 0.266. The maximum atomic E-state index is 5.79. The van der Waals surface area contributed by atoms with Crippen molar-refractivity contribution in [3.05, 3.63) is 24.3 Å². The molecule has 0 fully saturated rings. The molecule has 0 heterocycles. The van der Waals surface area contributed by atoms with Crippen molar-refractivity contribution < 1.29 is 9.47 Å². The van der Waals surface area contributed by atoms with E-state index in [0.717, 1.165) is 30.4 Å². The van der Waals surface area contributed by atoms with Crippen molar-refractivity contribution in [3.8, 4) is 0 Å². The summed E-state index contributed by atoms with van der Waals surface area (Å²) in [5, 5.41) is 0. The van der Waals surface area contributed by atoms with Crippen LogP contribution < -0.4 is 0 Å². The van der Waals surface area contributed by atoms with Crippen LogP contribution in [0.3, 0.4) is 0 Å². The zero-order chi connectivity index (χ0) is 13.3. The van der Waals surface area contributed by atoms with Gasteiger partial charge in [0.1, 0.15) is 0 Å². The highest BCUT2D eigenvalue weighted by Gasteiger charge is 2.14. The highest BCUT2D eigenvalue weighted by Crippen LogP contribution is 2.14. The molecule has 2 nitrogen and oxygen atoms in total. The van der Waals surface area contributed by atoms with Crippen LogP contribution in [0.1, 0.15) is 47.0 Å². The summed E-state index contributed by atoms with van der Waals surface area (Å²) in [5.74, 6) is 0. The zero-order valence-corrected chi connectivity index (χ0v) is 11.9. The van der Waals surface area contributed by atoms with Gasteiger partial charge in [0, 0.05) is 0 Å². The summed E-state index contributed by atoms with van der Waals surface area (Å²) in [6.07, 6.45) is 3.51. The van der Waals surface area contributed by atoms with E-state index in [2.05, 4.69) is 27.0 Å². The van der Waals surface area contributed by atoms with Crippen LogP contribution >= 0.6 is 0 Å². The van der Waals surface area contributed by atoms with Gasteiger partial charge in [-0.25, -0.2) is 0 Å². The zero-order valence-electron chi connectivity index (χ0n) is 11.9. The van der Waals surface area contributed by atoms with E-state index in [4.69, 9.17) is 9.47 Å². The second-order valence-corrected chi connectivity index (χ2v) is 4.83. The lowest BCUT2D eigenvalue weighted by Crippen LogP contribution is -2.23. The average molecular weight is 240 g/mol. The van der Waals surface area contributed by atoms with Crippen LogP contribution in [0.25, 0.3) is 0 Å². The average Bonchev–Trinajstić information content (AvgIpc) is 2.27. The lowest BCUT2D eigenvalue weighted by Gasteiger charge is -2.22. The summed E-state index contributed by atoms with van der Waals surface area (Å²) in [5.41, 5.74) is 2.14. The van der Waals surface area contributed by atoms with E-state index in [1.54, 1.807) is 0 Å². The largest absolute Gasteiger partial charge is 0.374 e. The summed E-state index contributed by atoms with van der Waals surface area (Å²) in [7, 11) is 0. The fourth-order valence-corrected chi connectivity index (χ4v) is 1.52. The van der Waals surface area contributed by atoms with E-state index >= 15 is 0 Å². The molecule has 0 aromatic heterocycles. The van der Waals surface area contributed by atoms with E-state index in [9.17, 15) is 0 Å². The van der Waals surface area contributed by atoms with Crippen LogP contribution in [0.15, 0.2) is 24.3 Å². The first-order chi connectivity index (χ1) is 7.99. The van der Waals surface area contributed by atoms with Crippen molar-refractivity contribution in [2.24, 2.45) is 0 Å². The molecule has 0 aromatic carbocycles.